The number of benzene rings is 1. The van der Waals surface area contributed by atoms with Crippen molar-refractivity contribution in [1.82, 2.24) is 10.2 Å². The Morgan fingerprint density at radius 1 is 1.22 bits per heavy atom. The maximum absolute atomic E-state index is 12.3. The van der Waals surface area contributed by atoms with Crippen LogP contribution < -0.4 is 10.1 Å². The fourth-order valence-electron chi connectivity index (χ4n) is 2.93. The van der Waals surface area contributed by atoms with Gasteiger partial charge in [0.2, 0.25) is 11.8 Å². The number of aliphatic carboxylic acids is 1. The SMILES string of the molecule is COC(CNC(=O)C1CCN(C(=O)CCOc2ccccc2)CC1)C(=O)O. The summed E-state index contributed by atoms with van der Waals surface area (Å²) < 4.78 is 10.3. The molecule has 1 heterocycles. The molecule has 1 aromatic rings. The summed E-state index contributed by atoms with van der Waals surface area (Å²) >= 11 is 0. The highest BCUT2D eigenvalue weighted by Crippen LogP contribution is 2.18. The van der Waals surface area contributed by atoms with Crippen LogP contribution in [-0.4, -0.2) is 67.2 Å². The molecule has 0 spiro atoms. The number of likely N-dealkylation sites (tertiary alicyclic amines) is 1. The van der Waals surface area contributed by atoms with Crippen molar-refractivity contribution in [3.63, 3.8) is 0 Å². The number of piperidine rings is 1. The van der Waals surface area contributed by atoms with Gasteiger partial charge in [0.05, 0.1) is 19.6 Å². The second-order valence-electron chi connectivity index (χ2n) is 6.37. The van der Waals surface area contributed by atoms with Crippen LogP contribution in [-0.2, 0) is 19.1 Å². The molecule has 1 unspecified atom stereocenters. The summed E-state index contributed by atoms with van der Waals surface area (Å²) in [6.07, 6.45) is 0.351. The summed E-state index contributed by atoms with van der Waals surface area (Å²) in [6.45, 7) is 1.27. The van der Waals surface area contributed by atoms with E-state index < -0.39 is 12.1 Å². The van der Waals surface area contributed by atoms with Crippen LogP contribution in [0.15, 0.2) is 30.3 Å². The fraction of sp³-hybridized carbons (Fsp3) is 0.526. The quantitative estimate of drug-likeness (QED) is 0.662. The highest BCUT2D eigenvalue weighted by molar-refractivity contribution is 5.81. The maximum Gasteiger partial charge on any atom is 0.334 e. The molecule has 8 heteroatoms. The zero-order valence-corrected chi connectivity index (χ0v) is 15.4. The average molecular weight is 378 g/mol. The monoisotopic (exact) mass is 378 g/mol. The number of carbonyl (C=O) groups is 3. The van der Waals surface area contributed by atoms with Gasteiger partial charge in [-0.3, -0.25) is 9.59 Å². The molecule has 2 N–H and O–H groups in total. The van der Waals surface area contributed by atoms with Crippen molar-refractivity contribution >= 4 is 17.8 Å². The third-order valence-electron chi connectivity index (χ3n) is 4.57. The molecule has 2 amide bonds. The summed E-state index contributed by atoms with van der Waals surface area (Å²) in [7, 11) is 1.29. The summed E-state index contributed by atoms with van der Waals surface area (Å²) in [5.41, 5.74) is 0. The van der Waals surface area contributed by atoms with Crippen molar-refractivity contribution in [3.05, 3.63) is 30.3 Å². The van der Waals surface area contributed by atoms with Gasteiger partial charge in [-0.1, -0.05) is 18.2 Å². The van der Waals surface area contributed by atoms with E-state index in [4.69, 9.17) is 14.6 Å². The number of carboxylic acids is 1. The van der Waals surface area contributed by atoms with Gasteiger partial charge in [0, 0.05) is 26.1 Å². The molecule has 1 atom stereocenters. The second kappa shape index (κ2) is 10.5. The Bertz CT molecular complexity index is 628. The lowest BCUT2D eigenvalue weighted by Crippen LogP contribution is -2.45. The summed E-state index contributed by atoms with van der Waals surface area (Å²) in [5.74, 6) is -0.791. The molecular formula is C19H26N2O6. The van der Waals surface area contributed by atoms with Gasteiger partial charge in [-0.2, -0.15) is 0 Å². The van der Waals surface area contributed by atoms with Crippen LogP contribution in [0, 0.1) is 5.92 Å². The van der Waals surface area contributed by atoms with Crippen LogP contribution in [0.3, 0.4) is 0 Å². The zero-order chi connectivity index (χ0) is 19.6. The van der Waals surface area contributed by atoms with Crippen molar-refractivity contribution in [2.45, 2.75) is 25.4 Å². The lowest BCUT2D eigenvalue weighted by atomic mass is 9.95. The van der Waals surface area contributed by atoms with Crippen molar-refractivity contribution in [2.24, 2.45) is 5.92 Å². The number of nitrogens with zero attached hydrogens (tertiary/aromatic N) is 1. The van der Waals surface area contributed by atoms with E-state index in [0.29, 0.717) is 39.0 Å². The molecular weight excluding hydrogens is 352 g/mol. The molecule has 0 saturated carbocycles. The maximum atomic E-state index is 12.3. The first kappa shape index (κ1) is 20.7. The minimum atomic E-state index is -1.11. The lowest BCUT2D eigenvalue weighted by Gasteiger charge is -2.31. The molecule has 27 heavy (non-hydrogen) atoms. The van der Waals surface area contributed by atoms with Gasteiger partial charge in [0.25, 0.3) is 0 Å². The van der Waals surface area contributed by atoms with Gasteiger partial charge in [0.15, 0.2) is 6.10 Å². The number of nitrogens with one attached hydrogen (secondary N) is 1. The number of hydrogen-bond acceptors (Lipinski definition) is 5. The minimum absolute atomic E-state index is 0.00936. The topological polar surface area (TPSA) is 105 Å². The van der Waals surface area contributed by atoms with Crippen molar-refractivity contribution in [3.8, 4) is 5.75 Å². The Morgan fingerprint density at radius 2 is 1.89 bits per heavy atom. The van der Waals surface area contributed by atoms with E-state index in [1.807, 2.05) is 30.3 Å². The number of methoxy groups -OCH3 is 1. The number of para-hydroxylation sites is 1. The summed E-state index contributed by atoms with van der Waals surface area (Å²) in [4.78, 5) is 37.0. The highest BCUT2D eigenvalue weighted by atomic mass is 16.5. The Labute approximate surface area is 158 Å². The number of carboxylic acid groups (broad SMARTS) is 1. The predicted molar refractivity (Wildman–Crippen MR) is 97.3 cm³/mol. The molecule has 8 nitrogen and oxygen atoms in total. The molecule has 1 fully saturated rings. The van der Waals surface area contributed by atoms with Crippen LogP contribution in [0.5, 0.6) is 5.75 Å². The lowest BCUT2D eigenvalue weighted by molar-refractivity contribution is -0.148. The smallest absolute Gasteiger partial charge is 0.334 e. The van der Waals surface area contributed by atoms with Crippen molar-refractivity contribution in [2.75, 3.05) is 33.4 Å². The minimum Gasteiger partial charge on any atom is -0.493 e. The molecule has 1 aliphatic rings. The van der Waals surface area contributed by atoms with Gasteiger partial charge in [0.1, 0.15) is 5.75 Å². The first-order chi connectivity index (χ1) is 13.0. The summed E-state index contributed by atoms with van der Waals surface area (Å²) in [5, 5.41) is 11.5. The van der Waals surface area contributed by atoms with E-state index in [2.05, 4.69) is 5.32 Å². The van der Waals surface area contributed by atoms with Crippen LogP contribution in [0.25, 0.3) is 0 Å². The molecule has 0 radical (unpaired) electrons. The van der Waals surface area contributed by atoms with Crippen LogP contribution in [0.2, 0.25) is 0 Å². The van der Waals surface area contributed by atoms with Crippen molar-refractivity contribution in [1.29, 1.82) is 0 Å². The largest absolute Gasteiger partial charge is 0.493 e. The Balaban J connectivity index is 1.67. The van der Waals surface area contributed by atoms with Gasteiger partial charge in [-0.15, -0.1) is 0 Å². The molecule has 2 rings (SSSR count). The standard InChI is InChI=1S/C19H26N2O6/c1-26-16(19(24)25)13-20-18(23)14-7-10-21(11-8-14)17(22)9-12-27-15-5-3-2-4-6-15/h2-6,14,16H,7-13H2,1H3,(H,20,23)(H,24,25). The molecule has 1 aromatic carbocycles. The van der Waals surface area contributed by atoms with E-state index >= 15 is 0 Å². The fourth-order valence-corrected chi connectivity index (χ4v) is 2.93. The number of amides is 2. The normalized spacial score (nSPS) is 15.8. The zero-order valence-electron chi connectivity index (χ0n) is 15.4. The van der Waals surface area contributed by atoms with E-state index in [0.717, 1.165) is 5.75 Å². The van der Waals surface area contributed by atoms with Gasteiger partial charge < -0.3 is 24.8 Å². The Kier molecular flexibility index (Phi) is 8.06. The first-order valence-electron chi connectivity index (χ1n) is 9.00. The molecule has 0 aromatic heterocycles. The second-order valence-corrected chi connectivity index (χ2v) is 6.37. The Morgan fingerprint density at radius 3 is 2.48 bits per heavy atom. The molecule has 0 bridgehead atoms. The molecule has 148 valence electrons. The van der Waals surface area contributed by atoms with Gasteiger partial charge >= 0.3 is 5.97 Å². The third-order valence-corrected chi connectivity index (χ3v) is 4.57. The van der Waals surface area contributed by atoms with E-state index in [9.17, 15) is 14.4 Å². The van der Waals surface area contributed by atoms with Crippen LogP contribution in [0.4, 0.5) is 0 Å². The van der Waals surface area contributed by atoms with E-state index in [1.54, 1.807) is 4.90 Å². The Hall–Kier alpha value is -2.61. The predicted octanol–water partition coefficient (Wildman–Crippen LogP) is 0.910. The molecule has 0 aliphatic carbocycles. The molecule has 1 saturated heterocycles. The number of ether oxygens (including phenoxy) is 2. The first-order valence-corrected chi connectivity index (χ1v) is 9.00. The van der Waals surface area contributed by atoms with Gasteiger partial charge in [-0.25, -0.2) is 4.79 Å². The summed E-state index contributed by atoms with van der Waals surface area (Å²) in [6, 6.07) is 9.33. The number of hydrogen-bond donors (Lipinski definition) is 2. The highest BCUT2D eigenvalue weighted by Gasteiger charge is 2.28. The van der Waals surface area contributed by atoms with Crippen LogP contribution in [0.1, 0.15) is 19.3 Å². The van der Waals surface area contributed by atoms with E-state index in [1.165, 1.54) is 7.11 Å². The van der Waals surface area contributed by atoms with E-state index in [-0.39, 0.29) is 24.3 Å². The number of rotatable bonds is 9. The van der Waals surface area contributed by atoms with Crippen LogP contribution >= 0.6 is 0 Å². The number of carbonyl (C=O) groups excluding carboxylic acids is 2. The van der Waals surface area contributed by atoms with Gasteiger partial charge in [-0.05, 0) is 25.0 Å². The average Bonchev–Trinajstić information content (AvgIpc) is 2.69. The molecule has 1 aliphatic heterocycles. The third kappa shape index (κ3) is 6.56. The van der Waals surface area contributed by atoms with Crippen molar-refractivity contribution < 1.29 is 29.0 Å².